The highest BCUT2D eigenvalue weighted by Crippen LogP contribution is 2.29. The van der Waals surface area contributed by atoms with Crippen LogP contribution < -0.4 is 5.32 Å². The second-order valence-corrected chi connectivity index (χ2v) is 8.69. The smallest absolute Gasteiger partial charge is 0.233 e. The monoisotopic (exact) mass is 405 g/mol. The molecule has 3 rings (SSSR count). The number of thioether (sulfide) groups is 1. The van der Waals surface area contributed by atoms with Gasteiger partial charge in [-0.3, -0.25) is 9.59 Å². The van der Waals surface area contributed by atoms with Crippen molar-refractivity contribution < 1.29 is 9.59 Å². The summed E-state index contributed by atoms with van der Waals surface area (Å²) < 4.78 is 0.762. The molecule has 0 saturated carbocycles. The molecule has 27 heavy (non-hydrogen) atoms. The van der Waals surface area contributed by atoms with Gasteiger partial charge in [-0.15, -0.1) is 10.2 Å². The second kappa shape index (κ2) is 8.71. The molecule has 1 fully saturated rings. The van der Waals surface area contributed by atoms with Crippen molar-refractivity contribution in [1.29, 1.82) is 0 Å². The van der Waals surface area contributed by atoms with Crippen molar-refractivity contribution in [3.63, 3.8) is 0 Å². The first-order valence-electron chi connectivity index (χ1n) is 8.76. The molecule has 0 spiro atoms. The average Bonchev–Trinajstić information content (AvgIpc) is 3.09. The zero-order valence-electron chi connectivity index (χ0n) is 15.7. The van der Waals surface area contributed by atoms with Crippen LogP contribution in [-0.2, 0) is 9.59 Å². The van der Waals surface area contributed by atoms with Crippen molar-refractivity contribution in [2.75, 3.05) is 37.2 Å². The fourth-order valence-electron chi connectivity index (χ4n) is 2.87. The maximum absolute atomic E-state index is 12.4. The van der Waals surface area contributed by atoms with Crippen LogP contribution in [0.2, 0.25) is 0 Å². The molecule has 0 aliphatic carbocycles. The molecule has 1 N–H and O–H groups in total. The van der Waals surface area contributed by atoms with Crippen LogP contribution in [0.3, 0.4) is 0 Å². The lowest BCUT2D eigenvalue weighted by atomic mass is 10.1. The van der Waals surface area contributed by atoms with Crippen molar-refractivity contribution in [1.82, 2.24) is 20.0 Å². The van der Waals surface area contributed by atoms with Crippen LogP contribution in [-0.4, -0.2) is 63.7 Å². The summed E-state index contributed by atoms with van der Waals surface area (Å²) in [6.45, 7) is 8.07. The number of hydrogen-bond donors (Lipinski definition) is 1. The number of hydrogen-bond acceptors (Lipinski definition) is 7. The van der Waals surface area contributed by atoms with Gasteiger partial charge < -0.3 is 15.1 Å². The maximum Gasteiger partial charge on any atom is 0.233 e. The number of carbonyl (C=O) groups is 2. The molecule has 2 heterocycles. The van der Waals surface area contributed by atoms with Crippen LogP contribution in [0.15, 0.2) is 22.5 Å². The van der Waals surface area contributed by atoms with E-state index in [0.29, 0.717) is 37.1 Å². The first-order chi connectivity index (χ1) is 12.9. The highest BCUT2D eigenvalue weighted by atomic mass is 32.2. The molecular weight excluding hydrogens is 382 g/mol. The Morgan fingerprint density at radius 3 is 2.52 bits per heavy atom. The number of nitrogens with zero attached hydrogens (tertiary/aromatic N) is 4. The Labute approximate surface area is 167 Å². The van der Waals surface area contributed by atoms with Crippen molar-refractivity contribution in [2.24, 2.45) is 0 Å². The van der Waals surface area contributed by atoms with Crippen molar-refractivity contribution in [3.05, 3.63) is 29.3 Å². The van der Waals surface area contributed by atoms with Gasteiger partial charge >= 0.3 is 0 Å². The van der Waals surface area contributed by atoms with Crippen LogP contribution in [0.1, 0.15) is 18.1 Å². The van der Waals surface area contributed by atoms with E-state index in [4.69, 9.17) is 0 Å². The predicted molar refractivity (Wildman–Crippen MR) is 109 cm³/mol. The minimum atomic E-state index is 0.0641. The van der Waals surface area contributed by atoms with Crippen LogP contribution in [0, 0.1) is 13.8 Å². The standard InChI is InChI=1S/C18H23N5O2S2/c1-12-4-5-15(13(2)10-12)19-17-20-21-18(27-17)26-11-16(25)23-8-6-22(7-9-23)14(3)24/h4-5,10H,6-9,11H2,1-3H3,(H,19,20). The molecule has 2 amide bonds. The summed E-state index contributed by atoms with van der Waals surface area (Å²) >= 11 is 2.84. The summed E-state index contributed by atoms with van der Waals surface area (Å²) in [4.78, 5) is 27.3. The number of amides is 2. The van der Waals surface area contributed by atoms with Gasteiger partial charge in [-0.1, -0.05) is 40.8 Å². The number of aromatic nitrogens is 2. The summed E-state index contributed by atoms with van der Waals surface area (Å²) in [5.74, 6) is 0.467. The van der Waals surface area contributed by atoms with Crippen molar-refractivity contribution >= 4 is 45.7 Å². The maximum atomic E-state index is 12.4. The fraction of sp³-hybridized carbons (Fsp3) is 0.444. The molecule has 0 atom stereocenters. The van der Waals surface area contributed by atoms with Crippen molar-refractivity contribution in [3.8, 4) is 0 Å². The SMILES string of the molecule is CC(=O)N1CCN(C(=O)CSc2nnc(Nc3ccc(C)cc3C)s2)CC1. The Bertz CT molecular complexity index is 831. The summed E-state index contributed by atoms with van der Waals surface area (Å²) in [7, 11) is 0. The highest BCUT2D eigenvalue weighted by Gasteiger charge is 2.22. The van der Waals surface area contributed by atoms with Crippen LogP contribution in [0.5, 0.6) is 0 Å². The summed E-state index contributed by atoms with van der Waals surface area (Å²) in [5, 5.41) is 12.3. The van der Waals surface area contributed by atoms with Crippen LogP contribution in [0.25, 0.3) is 0 Å². The minimum Gasteiger partial charge on any atom is -0.339 e. The van der Waals surface area contributed by atoms with Gasteiger partial charge in [0.25, 0.3) is 0 Å². The Kier molecular flexibility index (Phi) is 6.33. The highest BCUT2D eigenvalue weighted by molar-refractivity contribution is 8.01. The molecular formula is C18H23N5O2S2. The van der Waals surface area contributed by atoms with Gasteiger partial charge in [-0.05, 0) is 25.5 Å². The third-order valence-corrected chi connectivity index (χ3v) is 6.38. The van der Waals surface area contributed by atoms with E-state index in [1.807, 2.05) is 11.0 Å². The number of piperazine rings is 1. The van der Waals surface area contributed by atoms with E-state index in [-0.39, 0.29) is 11.8 Å². The topological polar surface area (TPSA) is 78.4 Å². The van der Waals surface area contributed by atoms with E-state index < -0.39 is 0 Å². The predicted octanol–water partition coefficient (Wildman–Crippen LogP) is 2.68. The fourth-order valence-corrected chi connectivity index (χ4v) is 4.54. The molecule has 1 saturated heterocycles. The lowest BCUT2D eigenvalue weighted by molar-refractivity contribution is -0.136. The van der Waals surface area contributed by atoms with Gasteiger partial charge in [0.2, 0.25) is 16.9 Å². The number of anilines is 2. The number of rotatable bonds is 5. The van der Waals surface area contributed by atoms with Crippen LogP contribution >= 0.6 is 23.1 Å². The van der Waals surface area contributed by atoms with Gasteiger partial charge in [0.1, 0.15) is 0 Å². The van der Waals surface area contributed by atoms with Gasteiger partial charge in [0.05, 0.1) is 5.75 Å². The Balaban J connectivity index is 1.49. The van der Waals surface area contributed by atoms with E-state index in [1.165, 1.54) is 28.7 Å². The molecule has 0 bridgehead atoms. The van der Waals surface area contributed by atoms with Gasteiger partial charge in [-0.2, -0.15) is 0 Å². The molecule has 144 valence electrons. The number of nitrogens with one attached hydrogen (secondary N) is 1. The Morgan fingerprint density at radius 2 is 1.85 bits per heavy atom. The third kappa shape index (κ3) is 5.20. The lowest BCUT2D eigenvalue weighted by Gasteiger charge is -2.34. The Morgan fingerprint density at radius 1 is 1.15 bits per heavy atom. The molecule has 0 radical (unpaired) electrons. The van der Waals surface area contributed by atoms with Gasteiger partial charge in [-0.25, -0.2) is 0 Å². The van der Waals surface area contributed by atoms with Gasteiger partial charge in [0, 0.05) is 38.8 Å². The van der Waals surface area contributed by atoms with E-state index in [0.717, 1.165) is 15.6 Å². The first kappa shape index (κ1) is 19.6. The average molecular weight is 406 g/mol. The van der Waals surface area contributed by atoms with Gasteiger partial charge in [0.15, 0.2) is 4.34 Å². The third-order valence-electron chi connectivity index (χ3n) is 4.43. The van der Waals surface area contributed by atoms with E-state index >= 15 is 0 Å². The van der Waals surface area contributed by atoms with Crippen molar-refractivity contribution in [2.45, 2.75) is 25.1 Å². The molecule has 2 aromatic rings. The number of carbonyl (C=O) groups excluding carboxylic acids is 2. The summed E-state index contributed by atoms with van der Waals surface area (Å²) in [6.07, 6.45) is 0. The Hall–Kier alpha value is -2.13. The molecule has 1 aliphatic rings. The molecule has 0 unspecified atom stereocenters. The summed E-state index contributed by atoms with van der Waals surface area (Å²) in [5.41, 5.74) is 3.38. The van der Waals surface area contributed by atoms with E-state index in [9.17, 15) is 9.59 Å². The molecule has 1 aromatic carbocycles. The molecule has 7 nitrogen and oxygen atoms in total. The van der Waals surface area contributed by atoms with Crippen LogP contribution in [0.4, 0.5) is 10.8 Å². The lowest BCUT2D eigenvalue weighted by Crippen LogP contribution is -2.50. The first-order valence-corrected chi connectivity index (χ1v) is 10.6. The van der Waals surface area contributed by atoms with E-state index in [1.54, 1.807) is 11.8 Å². The minimum absolute atomic E-state index is 0.0641. The zero-order valence-corrected chi connectivity index (χ0v) is 17.3. The normalized spacial score (nSPS) is 14.3. The zero-order chi connectivity index (χ0) is 19.4. The molecule has 1 aliphatic heterocycles. The molecule has 1 aromatic heterocycles. The number of benzene rings is 1. The quantitative estimate of drug-likeness (QED) is 0.771. The largest absolute Gasteiger partial charge is 0.339 e. The van der Waals surface area contributed by atoms with E-state index in [2.05, 4.69) is 41.5 Å². The number of aryl methyl sites for hydroxylation is 2. The second-order valence-electron chi connectivity index (χ2n) is 6.49. The summed E-state index contributed by atoms with van der Waals surface area (Å²) in [6, 6.07) is 6.20. The molecule has 9 heteroatoms.